The molecule has 6 nitrogen and oxygen atoms in total. The van der Waals surface area contributed by atoms with Gasteiger partial charge in [0.1, 0.15) is 10.6 Å². The van der Waals surface area contributed by atoms with Gasteiger partial charge in [-0.3, -0.25) is 14.6 Å². The molecule has 0 bridgehead atoms. The lowest BCUT2D eigenvalue weighted by Crippen LogP contribution is -2.68. The fourth-order valence-corrected chi connectivity index (χ4v) is 9.84. The summed E-state index contributed by atoms with van der Waals surface area (Å²) in [5.41, 5.74) is 1.26. The first-order valence-corrected chi connectivity index (χ1v) is 16.1. The SMILES string of the molecule is CC1CC2C3CCC4=CC(=O)C=CC4(C)C3CCC2(C)[C@@](OC(C)(C)O)(C(=O)CSc2cnc3ccccc3n2)C1. The molecular weight excluding hydrogens is 532 g/mol. The van der Waals surface area contributed by atoms with Crippen LogP contribution in [0.25, 0.3) is 11.0 Å². The van der Waals surface area contributed by atoms with Crippen molar-refractivity contribution in [2.45, 2.75) is 89.6 Å². The third-order valence-electron chi connectivity index (χ3n) is 10.8. The molecule has 4 aliphatic carbocycles. The zero-order chi connectivity index (χ0) is 29.2. The van der Waals surface area contributed by atoms with Gasteiger partial charge in [0.25, 0.3) is 0 Å². The van der Waals surface area contributed by atoms with E-state index in [9.17, 15) is 14.7 Å². The monoisotopic (exact) mass is 574 g/mol. The zero-order valence-corrected chi connectivity index (χ0v) is 25.7. The van der Waals surface area contributed by atoms with Crippen LogP contribution in [0.5, 0.6) is 0 Å². The van der Waals surface area contributed by atoms with Crippen LogP contribution >= 0.6 is 11.8 Å². The van der Waals surface area contributed by atoms with Crippen LogP contribution in [-0.2, 0) is 14.3 Å². The van der Waals surface area contributed by atoms with Crippen LogP contribution in [0.1, 0.15) is 73.1 Å². The number of Topliss-reactive ketones (excluding diaryl/α,β-unsaturated/α-hetero) is 1. The van der Waals surface area contributed by atoms with E-state index in [1.807, 2.05) is 30.3 Å². The highest BCUT2D eigenvalue weighted by atomic mass is 32.2. The first kappa shape index (κ1) is 28.8. The second-order valence-corrected chi connectivity index (χ2v) is 14.9. The van der Waals surface area contributed by atoms with E-state index >= 15 is 0 Å². The Bertz CT molecular complexity index is 1450. The van der Waals surface area contributed by atoms with Crippen molar-refractivity contribution in [3.8, 4) is 0 Å². The van der Waals surface area contributed by atoms with Crippen molar-refractivity contribution in [1.82, 2.24) is 9.97 Å². The summed E-state index contributed by atoms with van der Waals surface area (Å²) in [4.78, 5) is 36.0. The number of carbonyl (C=O) groups excluding carboxylic acids is 2. The summed E-state index contributed by atoms with van der Waals surface area (Å²) in [5, 5.41) is 11.8. The lowest BCUT2D eigenvalue weighted by atomic mass is 9.41. The Labute approximate surface area is 247 Å². The van der Waals surface area contributed by atoms with E-state index in [0.29, 0.717) is 23.3 Å². The molecule has 6 rings (SSSR count). The number of benzene rings is 1. The predicted molar refractivity (Wildman–Crippen MR) is 161 cm³/mol. The number of allylic oxidation sites excluding steroid dienone is 4. The summed E-state index contributed by atoms with van der Waals surface area (Å²) in [6, 6.07) is 7.74. The highest BCUT2D eigenvalue weighted by Gasteiger charge is 2.67. The molecule has 3 fully saturated rings. The van der Waals surface area contributed by atoms with Gasteiger partial charge in [0, 0.05) is 10.8 Å². The highest BCUT2D eigenvalue weighted by molar-refractivity contribution is 7.99. The predicted octanol–water partition coefficient (Wildman–Crippen LogP) is 6.72. The Kier molecular flexibility index (Phi) is 7.11. The van der Waals surface area contributed by atoms with Crippen molar-refractivity contribution < 1.29 is 19.4 Å². The molecule has 1 aromatic carbocycles. The normalized spacial score (nSPS) is 36.7. The summed E-state index contributed by atoms with van der Waals surface area (Å²) >= 11 is 1.40. The number of carbonyl (C=O) groups is 2. The number of ketones is 2. The van der Waals surface area contributed by atoms with Crippen LogP contribution < -0.4 is 0 Å². The van der Waals surface area contributed by atoms with E-state index < -0.39 is 16.8 Å². The van der Waals surface area contributed by atoms with Gasteiger partial charge in [0.15, 0.2) is 17.4 Å². The number of ether oxygens (including phenoxy) is 1. The summed E-state index contributed by atoms with van der Waals surface area (Å²) in [5.74, 6) is 0.290. The largest absolute Gasteiger partial charge is 0.366 e. The fourth-order valence-electron chi connectivity index (χ4n) is 9.03. The maximum Gasteiger partial charge on any atom is 0.178 e. The highest BCUT2D eigenvalue weighted by Crippen LogP contribution is 2.67. The average molecular weight is 575 g/mol. The van der Waals surface area contributed by atoms with Gasteiger partial charge >= 0.3 is 0 Å². The van der Waals surface area contributed by atoms with Crippen LogP contribution in [0.2, 0.25) is 0 Å². The van der Waals surface area contributed by atoms with Crippen LogP contribution in [-0.4, -0.2) is 43.8 Å². The number of nitrogens with zero attached hydrogens (tertiary/aromatic N) is 2. The maximum atomic E-state index is 14.6. The first-order valence-electron chi connectivity index (χ1n) is 15.1. The van der Waals surface area contributed by atoms with Crippen molar-refractivity contribution >= 4 is 34.4 Å². The lowest BCUT2D eigenvalue weighted by Gasteiger charge is -2.65. The summed E-state index contributed by atoms with van der Waals surface area (Å²) in [6.45, 7) is 10.1. The Hall–Kier alpha value is -2.35. The second kappa shape index (κ2) is 10.1. The summed E-state index contributed by atoms with van der Waals surface area (Å²) in [7, 11) is 0. The maximum absolute atomic E-state index is 14.6. The van der Waals surface area contributed by atoms with Crippen molar-refractivity contribution in [3.05, 3.63) is 54.3 Å². The number of aromatic nitrogens is 2. The van der Waals surface area contributed by atoms with E-state index in [0.717, 1.165) is 43.1 Å². The molecule has 41 heavy (non-hydrogen) atoms. The van der Waals surface area contributed by atoms with Crippen molar-refractivity contribution in [2.24, 2.45) is 34.5 Å². The van der Waals surface area contributed by atoms with Crippen LogP contribution in [0.3, 0.4) is 0 Å². The third-order valence-corrected chi connectivity index (χ3v) is 11.7. The van der Waals surface area contributed by atoms with Crippen molar-refractivity contribution in [3.63, 3.8) is 0 Å². The smallest absolute Gasteiger partial charge is 0.178 e. The number of rotatable bonds is 6. The Morgan fingerprint density at radius 3 is 2.68 bits per heavy atom. The molecule has 1 aromatic heterocycles. The van der Waals surface area contributed by atoms with Crippen LogP contribution in [0.4, 0.5) is 0 Å². The van der Waals surface area contributed by atoms with E-state index in [1.165, 1.54) is 17.3 Å². The quantitative estimate of drug-likeness (QED) is 0.303. The van der Waals surface area contributed by atoms with E-state index in [1.54, 1.807) is 26.1 Å². The second-order valence-electron chi connectivity index (χ2n) is 13.9. The number of hydrogen-bond donors (Lipinski definition) is 1. The molecule has 218 valence electrons. The van der Waals surface area contributed by atoms with Crippen LogP contribution in [0, 0.1) is 34.5 Å². The topological polar surface area (TPSA) is 89.4 Å². The molecule has 7 heteroatoms. The van der Waals surface area contributed by atoms with Crippen molar-refractivity contribution in [2.75, 3.05) is 5.75 Å². The average Bonchev–Trinajstić information content (AvgIpc) is 2.91. The van der Waals surface area contributed by atoms with Gasteiger partial charge in [0.05, 0.1) is 23.0 Å². The molecule has 0 spiro atoms. The molecule has 6 unspecified atom stereocenters. The Morgan fingerprint density at radius 2 is 1.93 bits per heavy atom. The molecule has 1 N–H and O–H groups in total. The fraction of sp³-hybridized carbons (Fsp3) is 0.588. The zero-order valence-electron chi connectivity index (χ0n) is 24.9. The number of thioether (sulfide) groups is 1. The van der Waals surface area contributed by atoms with Gasteiger partial charge in [-0.2, -0.15) is 0 Å². The molecule has 1 heterocycles. The Balaban J connectivity index is 1.34. The molecule has 0 radical (unpaired) electrons. The van der Waals surface area contributed by atoms with E-state index in [4.69, 9.17) is 9.72 Å². The molecule has 0 aliphatic heterocycles. The van der Waals surface area contributed by atoms with Gasteiger partial charge in [-0.15, -0.1) is 0 Å². The van der Waals surface area contributed by atoms with Crippen LogP contribution in [0.15, 0.2) is 59.3 Å². The molecule has 3 saturated carbocycles. The minimum Gasteiger partial charge on any atom is -0.366 e. The first-order chi connectivity index (χ1) is 19.3. The molecule has 7 atom stereocenters. The molecule has 0 saturated heterocycles. The minimum atomic E-state index is -1.45. The molecule has 4 aliphatic rings. The third kappa shape index (κ3) is 4.82. The van der Waals surface area contributed by atoms with Gasteiger partial charge in [-0.05, 0) is 100 Å². The number of para-hydroxylation sites is 2. The number of aliphatic hydroxyl groups is 1. The van der Waals surface area contributed by atoms with Gasteiger partial charge in [-0.1, -0.05) is 56.3 Å². The summed E-state index contributed by atoms with van der Waals surface area (Å²) in [6.07, 6.45) is 12.9. The number of hydrogen-bond acceptors (Lipinski definition) is 7. The van der Waals surface area contributed by atoms with Gasteiger partial charge in [0.2, 0.25) is 0 Å². The van der Waals surface area contributed by atoms with Gasteiger partial charge < -0.3 is 9.84 Å². The standard InChI is InChI=1S/C34H42N2O4S/c1-21-16-26-24-11-10-22-17-23(37)12-14-32(22,4)25(24)13-15-33(26,5)34(18-21,40-31(2,3)39)29(38)20-41-30-19-35-27-8-6-7-9-28(27)36-30/h6-9,12,14,17,19,21,24-26,39H,10-11,13,15-16,18,20H2,1-5H3/t21?,24?,25?,26?,32?,33?,34-/m0/s1. The Morgan fingerprint density at radius 1 is 1.17 bits per heavy atom. The minimum absolute atomic E-state index is 0.0304. The molecule has 0 amide bonds. The van der Waals surface area contributed by atoms with E-state index in [-0.39, 0.29) is 34.6 Å². The lowest BCUT2D eigenvalue weighted by molar-refractivity contribution is -0.299. The van der Waals surface area contributed by atoms with Gasteiger partial charge in [-0.25, -0.2) is 4.98 Å². The van der Waals surface area contributed by atoms with E-state index in [2.05, 4.69) is 31.8 Å². The molecule has 2 aromatic rings. The summed E-state index contributed by atoms with van der Waals surface area (Å²) < 4.78 is 6.64. The molecular formula is C34H42N2O4S. The van der Waals surface area contributed by atoms with Crippen molar-refractivity contribution in [1.29, 1.82) is 0 Å². The number of fused-ring (bicyclic) bond motifs is 6.